The average Bonchev–Trinajstić information content (AvgIpc) is 3.24. The van der Waals surface area contributed by atoms with E-state index in [-0.39, 0.29) is 30.8 Å². The van der Waals surface area contributed by atoms with Crippen LogP contribution in [0.15, 0.2) is 59.8 Å². The lowest BCUT2D eigenvalue weighted by Crippen LogP contribution is -2.48. The van der Waals surface area contributed by atoms with Gasteiger partial charge in [-0.1, -0.05) is 59.6 Å². The number of rotatable bonds is 7. The largest absolute Gasteiger partial charge is 0.340 e. The monoisotopic (exact) mass is 555 g/mol. The Hall–Kier alpha value is -3.07. The van der Waals surface area contributed by atoms with Crippen LogP contribution < -0.4 is 5.32 Å². The third kappa shape index (κ3) is 5.39. The van der Waals surface area contributed by atoms with Gasteiger partial charge in [0.05, 0.1) is 23.9 Å². The number of carbonyl (C=O) groups is 3. The van der Waals surface area contributed by atoms with Gasteiger partial charge in [-0.05, 0) is 30.2 Å². The van der Waals surface area contributed by atoms with Crippen LogP contribution in [0.1, 0.15) is 30.5 Å². The highest BCUT2D eigenvalue weighted by atomic mass is 35.5. The number of benzene rings is 2. The van der Waals surface area contributed by atoms with Gasteiger partial charge in [-0.2, -0.15) is 0 Å². The van der Waals surface area contributed by atoms with Crippen molar-refractivity contribution in [3.63, 3.8) is 0 Å². The van der Waals surface area contributed by atoms with Crippen LogP contribution >= 0.6 is 23.2 Å². The number of piperazine rings is 1. The minimum absolute atomic E-state index is 0.0425. The van der Waals surface area contributed by atoms with Gasteiger partial charge in [-0.3, -0.25) is 19.4 Å². The molecular formula is C28H31Cl2N5O3. The first-order valence-corrected chi connectivity index (χ1v) is 13.7. The predicted octanol–water partition coefficient (Wildman–Crippen LogP) is 3.91. The molecule has 1 saturated heterocycles. The van der Waals surface area contributed by atoms with Crippen molar-refractivity contribution in [2.75, 3.05) is 45.8 Å². The standard InChI is InChI=1S/C28H31Cl2N5O3/c1-2-35-23-18-34(27(37)25(23)26(31-28(35)38)21-9-8-20(29)16-22(21)30)11-10-24(36)33-14-12-32(13-15-33)17-19-6-4-3-5-7-19/h3-9,16,26H,2,10-15,17-18H2,1H3,(H,31,38)/t26-/m0/s1. The Morgan fingerprint density at radius 2 is 1.76 bits per heavy atom. The Kier molecular flexibility index (Phi) is 7.93. The lowest BCUT2D eigenvalue weighted by Gasteiger charge is -2.35. The topological polar surface area (TPSA) is 76.2 Å². The van der Waals surface area contributed by atoms with Gasteiger partial charge in [0.2, 0.25) is 5.91 Å². The molecule has 1 N–H and O–H groups in total. The summed E-state index contributed by atoms with van der Waals surface area (Å²) in [5, 5.41) is 3.79. The van der Waals surface area contributed by atoms with E-state index in [1.165, 1.54) is 5.56 Å². The van der Waals surface area contributed by atoms with E-state index in [0.29, 0.717) is 53.1 Å². The molecule has 8 nitrogen and oxygen atoms in total. The summed E-state index contributed by atoms with van der Waals surface area (Å²) in [6.07, 6.45) is 0.241. The molecule has 2 aromatic rings. The van der Waals surface area contributed by atoms with Crippen LogP contribution in [-0.4, -0.2) is 83.3 Å². The van der Waals surface area contributed by atoms with Crippen molar-refractivity contribution in [1.82, 2.24) is 24.9 Å². The van der Waals surface area contributed by atoms with E-state index in [0.717, 1.165) is 19.6 Å². The molecule has 0 aromatic heterocycles. The summed E-state index contributed by atoms with van der Waals surface area (Å²) in [6.45, 7) is 6.75. The molecule has 2 aromatic carbocycles. The SMILES string of the molecule is CCN1C(=O)N[C@@H](c2ccc(Cl)cc2Cl)C2=C1CN(CCC(=O)N1CCN(Cc3ccccc3)CC1)C2=O. The fraction of sp³-hybridized carbons (Fsp3) is 0.393. The maximum Gasteiger partial charge on any atom is 0.322 e. The molecular weight excluding hydrogens is 525 g/mol. The van der Waals surface area contributed by atoms with E-state index in [9.17, 15) is 14.4 Å². The molecule has 3 heterocycles. The van der Waals surface area contributed by atoms with Crippen LogP contribution in [0.3, 0.4) is 0 Å². The van der Waals surface area contributed by atoms with Crippen LogP contribution in [0, 0.1) is 0 Å². The number of urea groups is 1. The number of likely N-dealkylation sites (N-methyl/N-ethyl adjacent to an activating group) is 1. The van der Waals surface area contributed by atoms with Gasteiger partial charge in [0.1, 0.15) is 0 Å². The quantitative estimate of drug-likeness (QED) is 0.562. The van der Waals surface area contributed by atoms with E-state index in [2.05, 4.69) is 22.3 Å². The molecule has 0 saturated carbocycles. The average molecular weight is 556 g/mol. The number of nitrogens with one attached hydrogen (secondary N) is 1. The van der Waals surface area contributed by atoms with Gasteiger partial charge in [-0.25, -0.2) is 4.79 Å². The molecule has 3 aliphatic heterocycles. The van der Waals surface area contributed by atoms with Crippen molar-refractivity contribution in [3.8, 4) is 0 Å². The molecule has 5 rings (SSSR count). The van der Waals surface area contributed by atoms with Crippen LogP contribution in [0.2, 0.25) is 10.0 Å². The van der Waals surface area contributed by atoms with Gasteiger partial charge in [0.25, 0.3) is 5.91 Å². The van der Waals surface area contributed by atoms with Crippen molar-refractivity contribution >= 4 is 41.0 Å². The third-order valence-electron chi connectivity index (χ3n) is 7.46. The molecule has 10 heteroatoms. The van der Waals surface area contributed by atoms with E-state index in [4.69, 9.17) is 23.2 Å². The second kappa shape index (κ2) is 11.4. The van der Waals surface area contributed by atoms with Gasteiger partial charge in [0, 0.05) is 62.3 Å². The number of nitrogens with zero attached hydrogens (tertiary/aromatic N) is 4. The number of hydrogen-bond donors (Lipinski definition) is 1. The summed E-state index contributed by atoms with van der Waals surface area (Å²) in [5.41, 5.74) is 3.05. The van der Waals surface area contributed by atoms with Gasteiger partial charge >= 0.3 is 6.03 Å². The summed E-state index contributed by atoms with van der Waals surface area (Å²) in [5.74, 6) is -0.143. The highest BCUT2D eigenvalue weighted by Crippen LogP contribution is 2.39. The second-order valence-corrected chi connectivity index (χ2v) is 10.6. The lowest BCUT2D eigenvalue weighted by atomic mass is 9.95. The molecule has 1 atom stereocenters. The molecule has 0 aliphatic carbocycles. The van der Waals surface area contributed by atoms with Crippen LogP contribution in [0.25, 0.3) is 0 Å². The van der Waals surface area contributed by atoms with Crippen molar-refractivity contribution < 1.29 is 14.4 Å². The first-order valence-electron chi connectivity index (χ1n) is 12.9. The van der Waals surface area contributed by atoms with Gasteiger partial charge in [0.15, 0.2) is 0 Å². The Labute approximate surface area is 232 Å². The molecule has 200 valence electrons. The third-order valence-corrected chi connectivity index (χ3v) is 8.02. The molecule has 0 unspecified atom stereocenters. The molecule has 4 amide bonds. The zero-order valence-corrected chi connectivity index (χ0v) is 22.8. The van der Waals surface area contributed by atoms with Crippen molar-refractivity contribution in [2.24, 2.45) is 0 Å². The number of amides is 4. The minimum atomic E-state index is -0.670. The van der Waals surface area contributed by atoms with E-state index < -0.39 is 6.04 Å². The molecule has 0 bridgehead atoms. The fourth-order valence-electron chi connectivity index (χ4n) is 5.42. The highest BCUT2D eigenvalue weighted by Gasteiger charge is 2.44. The Morgan fingerprint density at radius 3 is 2.45 bits per heavy atom. The van der Waals surface area contributed by atoms with E-state index in [1.54, 1.807) is 28.0 Å². The van der Waals surface area contributed by atoms with Crippen LogP contribution in [0.4, 0.5) is 4.79 Å². The molecule has 1 fully saturated rings. The van der Waals surface area contributed by atoms with E-state index >= 15 is 0 Å². The van der Waals surface area contributed by atoms with Crippen LogP contribution in [-0.2, 0) is 16.1 Å². The molecule has 0 spiro atoms. The van der Waals surface area contributed by atoms with Crippen molar-refractivity contribution in [2.45, 2.75) is 25.9 Å². The number of carbonyl (C=O) groups excluding carboxylic acids is 3. The Morgan fingerprint density at radius 1 is 1.03 bits per heavy atom. The normalized spacial score (nSPS) is 20.2. The number of halogens is 2. The molecule has 0 radical (unpaired) electrons. The van der Waals surface area contributed by atoms with Crippen LogP contribution in [0.5, 0.6) is 0 Å². The smallest absolute Gasteiger partial charge is 0.322 e. The van der Waals surface area contributed by atoms with Crippen molar-refractivity contribution in [3.05, 3.63) is 81.0 Å². The summed E-state index contributed by atoms with van der Waals surface area (Å²) < 4.78 is 0. The predicted molar refractivity (Wildman–Crippen MR) is 147 cm³/mol. The highest BCUT2D eigenvalue weighted by molar-refractivity contribution is 6.35. The molecule has 3 aliphatic rings. The maximum atomic E-state index is 13.6. The first kappa shape index (κ1) is 26.5. The zero-order chi connectivity index (χ0) is 26.8. The summed E-state index contributed by atoms with van der Waals surface area (Å²) >= 11 is 12.5. The minimum Gasteiger partial charge on any atom is -0.340 e. The summed E-state index contributed by atoms with van der Waals surface area (Å²) in [7, 11) is 0. The Balaban J connectivity index is 1.21. The van der Waals surface area contributed by atoms with Gasteiger partial charge in [-0.15, -0.1) is 0 Å². The first-order chi connectivity index (χ1) is 18.4. The maximum absolute atomic E-state index is 13.6. The van der Waals surface area contributed by atoms with Crippen molar-refractivity contribution in [1.29, 1.82) is 0 Å². The Bertz CT molecular complexity index is 1260. The number of hydrogen-bond acceptors (Lipinski definition) is 4. The summed E-state index contributed by atoms with van der Waals surface area (Å²) in [4.78, 5) is 46.9. The molecule has 38 heavy (non-hydrogen) atoms. The van der Waals surface area contributed by atoms with E-state index in [1.807, 2.05) is 30.0 Å². The van der Waals surface area contributed by atoms with Gasteiger partial charge < -0.3 is 15.1 Å². The second-order valence-electron chi connectivity index (χ2n) is 9.77. The fourth-order valence-corrected chi connectivity index (χ4v) is 5.94. The zero-order valence-electron chi connectivity index (χ0n) is 21.3. The summed E-state index contributed by atoms with van der Waals surface area (Å²) in [6, 6.07) is 14.4. The lowest BCUT2D eigenvalue weighted by molar-refractivity contribution is -0.134.